The molecule has 1 aliphatic heterocycles. The summed E-state index contributed by atoms with van der Waals surface area (Å²) in [7, 11) is 1.94. The molecular formula is C16H18BrN3OS. The van der Waals surface area contributed by atoms with Gasteiger partial charge in [0.25, 0.3) is 0 Å². The zero-order chi connectivity index (χ0) is 15.5. The largest absolute Gasteiger partial charge is 0.320 e. The third-order valence-electron chi connectivity index (χ3n) is 3.71. The highest BCUT2D eigenvalue weighted by Gasteiger charge is 2.26. The van der Waals surface area contributed by atoms with E-state index in [-0.39, 0.29) is 5.78 Å². The van der Waals surface area contributed by atoms with Gasteiger partial charge in [0, 0.05) is 22.3 Å². The lowest BCUT2D eigenvalue weighted by Gasteiger charge is -2.07. The molecule has 4 nitrogen and oxygen atoms in total. The number of hydrogen-bond donors (Lipinski definition) is 1. The second kappa shape index (κ2) is 6.98. The molecule has 0 amide bonds. The highest BCUT2D eigenvalue weighted by atomic mass is 79.9. The summed E-state index contributed by atoms with van der Waals surface area (Å²) in [6.07, 6.45) is 1.82. The van der Waals surface area contributed by atoms with Gasteiger partial charge < -0.3 is 9.88 Å². The van der Waals surface area contributed by atoms with Gasteiger partial charge in [0.1, 0.15) is 5.69 Å². The molecule has 1 aromatic heterocycles. The number of carbonyl (C=O) groups excluding carboxylic acids is 1. The summed E-state index contributed by atoms with van der Waals surface area (Å²) in [5.41, 5.74) is 2.43. The maximum atomic E-state index is 12.9. The van der Waals surface area contributed by atoms with Gasteiger partial charge in [-0.2, -0.15) is 0 Å². The normalized spacial score (nSPS) is 13.4. The van der Waals surface area contributed by atoms with Crippen LogP contribution in [0, 0.1) is 0 Å². The number of halogens is 1. The molecule has 2 heterocycles. The number of aryl methyl sites for hydroxylation is 1. The Morgan fingerprint density at radius 2 is 2.18 bits per heavy atom. The SMILES string of the molecule is CNCCCc1nc2n(c1C(=O)c1ccc(Br)cc1)CCS2. The summed E-state index contributed by atoms with van der Waals surface area (Å²) in [5.74, 6) is 1.08. The van der Waals surface area contributed by atoms with E-state index in [1.54, 1.807) is 11.8 Å². The van der Waals surface area contributed by atoms with Gasteiger partial charge in [0.2, 0.25) is 5.78 Å². The number of imidazole rings is 1. The molecule has 0 unspecified atom stereocenters. The first-order chi connectivity index (χ1) is 10.7. The molecule has 6 heteroatoms. The summed E-state index contributed by atoms with van der Waals surface area (Å²) >= 11 is 5.14. The molecular weight excluding hydrogens is 362 g/mol. The number of nitrogens with zero attached hydrogens (tertiary/aromatic N) is 2. The Balaban J connectivity index is 1.93. The molecule has 1 N–H and O–H groups in total. The summed E-state index contributed by atoms with van der Waals surface area (Å²) in [6.45, 7) is 1.80. The van der Waals surface area contributed by atoms with Gasteiger partial charge >= 0.3 is 0 Å². The molecule has 3 rings (SSSR count). The first kappa shape index (κ1) is 15.8. The van der Waals surface area contributed by atoms with Crippen LogP contribution in [0.1, 0.15) is 28.2 Å². The van der Waals surface area contributed by atoms with Crippen LogP contribution in [0.3, 0.4) is 0 Å². The van der Waals surface area contributed by atoms with Gasteiger partial charge in [-0.1, -0.05) is 27.7 Å². The molecule has 0 radical (unpaired) electrons. The summed E-state index contributed by atoms with van der Waals surface area (Å²) in [5, 5.41) is 4.13. The number of thioether (sulfide) groups is 1. The molecule has 0 fully saturated rings. The van der Waals surface area contributed by atoms with Crippen LogP contribution in [0.15, 0.2) is 33.9 Å². The Labute approximate surface area is 142 Å². The number of rotatable bonds is 6. The van der Waals surface area contributed by atoms with E-state index in [0.29, 0.717) is 0 Å². The van der Waals surface area contributed by atoms with Crippen molar-refractivity contribution in [3.05, 3.63) is 45.7 Å². The van der Waals surface area contributed by atoms with E-state index in [4.69, 9.17) is 4.98 Å². The Hall–Kier alpha value is -1.11. The number of benzene rings is 1. The lowest BCUT2D eigenvalue weighted by Crippen LogP contribution is -2.14. The molecule has 2 aromatic rings. The van der Waals surface area contributed by atoms with Crippen molar-refractivity contribution in [1.29, 1.82) is 0 Å². The van der Waals surface area contributed by atoms with Crippen molar-refractivity contribution < 1.29 is 4.79 Å². The van der Waals surface area contributed by atoms with Gasteiger partial charge in [-0.15, -0.1) is 0 Å². The Bertz CT molecular complexity index is 681. The molecule has 0 saturated carbocycles. The zero-order valence-corrected chi connectivity index (χ0v) is 14.8. The highest BCUT2D eigenvalue weighted by molar-refractivity contribution is 9.10. The van der Waals surface area contributed by atoms with Crippen LogP contribution in [-0.2, 0) is 13.0 Å². The molecule has 1 aliphatic rings. The van der Waals surface area contributed by atoms with E-state index >= 15 is 0 Å². The fourth-order valence-electron chi connectivity index (χ4n) is 2.62. The number of nitrogens with one attached hydrogen (secondary N) is 1. The average molecular weight is 380 g/mol. The fourth-order valence-corrected chi connectivity index (χ4v) is 3.86. The second-order valence-electron chi connectivity index (χ2n) is 5.23. The van der Waals surface area contributed by atoms with E-state index in [2.05, 4.69) is 25.8 Å². The standard InChI is InChI=1S/C16H18BrN3OS/c1-18-8-2-3-13-14(20-9-10-22-16(20)19-13)15(21)11-4-6-12(17)7-5-11/h4-7,18H,2-3,8-10H2,1H3. The predicted molar refractivity (Wildman–Crippen MR) is 92.8 cm³/mol. The second-order valence-corrected chi connectivity index (χ2v) is 7.21. The molecule has 0 atom stereocenters. The van der Waals surface area contributed by atoms with Gasteiger partial charge in [-0.05, 0) is 50.7 Å². The summed E-state index contributed by atoms with van der Waals surface area (Å²) < 4.78 is 3.07. The number of fused-ring (bicyclic) bond motifs is 1. The van der Waals surface area contributed by atoms with Crippen molar-refractivity contribution in [1.82, 2.24) is 14.9 Å². The van der Waals surface area contributed by atoms with Crippen molar-refractivity contribution in [2.45, 2.75) is 24.5 Å². The van der Waals surface area contributed by atoms with E-state index in [0.717, 1.165) is 58.3 Å². The Kier molecular flexibility index (Phi) is 5.00. The monoisotopic (exact) mass is 379 g/mol. The minimum absolute atomic E-state index is 0.0770. The number of ketones is 1. The van der Waals surface area contributed by atoms with Gasteiger partial charge in [-0.25, -0.2) is 4.98 Å². The van der Waals surface area contributed by atoms with Crippen molar-refractivity contribution in [3.8, 4) is 0 Å². The molecule has 0 spiro atoms. The molecule has 0 bridgehead atoms. The quantitative estimate of drug-likeness (QED) is 0.618. The lowest BCUT2D eigenvalue weighted by molar-refractivity contribution is 0.102. The number of aromatic nitrogens is 2. The predicted octanol–water partition coefficient (Wildman–Crippen LogP) is 3.13. The summed E-state index contributed by atoms with van der Waals surface area (Å²) in [4.78, 5) is 17.6. The Morgan fingerprint density at radius 3 is 2.91 bits per heavy atom. The van der Waals surface area contributed by atoms with E-state index in [1.165, 1.54) is 0 Å². The van der Waals surface area contributed by atoms with Gasteiger partial charge in [-0.3, -0.25) is 4.79 Å². The van der Waals surface area contributed by atoms with E-state index < -0.39 is 0 Å². The maximum absolute atomic E-state index is 12.9. The molecule has 116 valence electrons. The van der Waals surface area contributed by atoms with Gasteiger partial charge in [0.05, 0.1) is 5.69 Å². The third kappa shape index (κ3) is 3.14. The van der Waals surface area contributed by atoms with Crippen molar-refractivity contribution in [2.24, 2.45) is 0 Å². The van der Waals surface area contributed by atoms with E-state index in [9.17, 15) is 4.79 Å². The topological polar surface area (TPSA) is 46.9 Å². The first-order valence-electron chi connectivity index (χ1n) is 7.38. The van der Waals surface area contributed by atoms with Crippen molar-refractivity contribution in [2.75, 3.05) is 19.3 Å². The van der Waals surface area contributed by atoms with Crippen LogP contribution in [0.5, 0.6) is 0 Å². The van der Waals surface area contributed by atoms with E-state index in [1.807, 2.05) is 31.3 Å². The summed E-state index contributed by atoms with van der Waals surface area (Å²) in [6, 6.07) is 7.55. The highest BCUT2D eigenvalue weighted by Crippen LogP contribution is 2.30. The number of carbonyl (C=O) groups is 1. The van der Waals surface area contributed by atoms with Crippen LogP contribution < -0.4 is 5.32 Å². The van der Waals surface area contributed by atoms with Crippen molar-refractivity contribution >= 4 is 33.5 Å². The van der Waals surface area contributed by atoms with Crippen LogP contribution in [0.25, 0.3) is 0 Å². The fraction of sp³-hybridized carbons (Fsp3) is 0.375. The Morgan fingerprint density at radius 1 is 1.41 bits per heavy atom. The van der Waals surface area contributed by atoms with Crippen LogP contribution in [0.2, 0.25) is 0 Å². The van der Waals surface area contributed by atoms with Crippen LogP contribution in [0.4, 0.5) is 0 Å². The third-order valence-corrected chi connectivity index (χ3v) is 5.20. The van der Waals surface area contributed by atoms with Gasteiger partial charge in [0.15, 0.2) is 5.16 Å². The zero-order valence-electron chi connectivity index (χ0n) is 12.4. The number of hydrogen-bond acceptors (Lipinski definition) is 4. The minimum atomic E-state index is 0.0770. The molecule has 1 aromatic carbocycles. The molecule has 22 heavy (non-hydrogen) atoms. The molecule has 0 aliphatic carbocycles. The lowest BCUT2D eigenvalue weighted by atomic mass is 10.0. The maximum Gasteiger partial charge on any atom is 0.211 e. The van der Waals surface area contributed by atoms with Crippen molar-refractivity contribution in [3.63, 3.8) is 0 Å². The van der Waals surface area contributed by atoms with Crippen LogP contribution >= 0.6 is 27.7 Å². The smallest absolute Gasteiger partial charge is 0.211 e. The minimum Gasteiger partial charge on any atom is -0.320 e. The van der Waals surface area contributed by atoms with Crippen LogP contribution in [-0.4, -0.2) is 34.7 Å². The average Bonchev–Trinajstić information content (AvgIpc) is 3.08. The molecule has 0 saturated heterocycles. The first-order valence-corrected chi connectivity index (χ1v) is 9.15.